The number of benzene rings is 1. The molecule has 1 atom stereocenters. The molecule has 1 aliphatic rings. The second-order valence-electron chi connectivity index (χ2n) is 4.80. The van der Waals surface area contributed by atoms with Crippen molar-refractivity contribution in [2.75, 3.05) is 11.9 Å². The predicted octanol–water partition coefficient (Wildman–Crippen LogP) is 1.54. The maximum absolute atomic E-state index is 12.4. The molecule has 2 heterocycles. The molecule has 0 saturated carbocycles. The molecular formula is C14H16N4O. The minimum atomic E-state index is -0.160. The molecule has 3 rings (SSSR count). The van der Waals surface area contributed by atoms with Gasteiger partial charge in [0.15, 0.2) is 0 Å². The van der Waals surface area contributed by atoms with Crippen LogP contribution in [-0.2, 0) is 11.3 Å². The molecule has 1 aromatic carbocycles. The van der Waals surface area contributed by atoms with Crippen molar-refractivity contribution in [3.05, 3.63) is 47.2 Å². The van der Waals surface area contributed by atoms with E-state index in [4.69, 9.17) is 0 Å². The topological polar surface area (TPSA) is 69.8 Å². The summed E-state index contributed by atoms with van der Waals surface area (Å²) in [5, 5.41) is 12.9. The number of aromatic amines is 1. The summed E-state index contributed by atoms with van der Waals surface area (Å²) in [6.07, 6.45) is 1.70. The van der Waals surface area contributed by atoms with Gasteiger partial charge in [-0.25, -0.2) is 0 Å². The average Bonchev–Trinajstić information content (AvgIpc) is 2.83. The van der Waals surface area contributed by atoms with E-state index in [2.05, 4.69) is 26.9 Å². The molecule has 1 aromatic heterocycles. The number of carbonyl (C=O) groups is 1. The highest BCUT2D eigenvalue weighted by Crippen LogP contribution is 2.25. The van der Waals surface area contributed by atoms with Gasteiger partial charge in [-0.15, -0.1) is 0 Å². The standard InChI is InChI=1S/C14H16N4O/c1-9-6-16-18-13(9)17-14(19)12-8-15-7-10-4-2-3-5-11(10)12/h2-6,12,15H,7-8H2,1H3,(H2,16,17,18,19). The number of hydrogen-bond donors (Lipinski definition) is 3. The number of nitrogens with zero attached hydrogens (tertiary/aromatic N) is 1. The minimum absolute atomic E-state index is 0.00741. The smallest absolute Gasteiger partial charge is 0.234 e. The van der Waals surface area contributed by atoms with E-state index in [0.717, 1.165) is 17.7 Å². The van der Waals surface area contributed by atoms with Crippen molar-refractivity contribution >= 4 is 11.7 Å². The van der Waals surface area contributed by atoms with E-state index in [1.807, 2.05) is 25.1 Å². The lowest BCUT2D eigenvalue weighted by Crippen LogP contribution is -2.35. The number of amides is 1. The van der Waals surface area contributed by atoms with Gasteiger partial charge < -0.3 is 10.6 Å². The Hall–Kier alpha value is -2.14. The monoisotopic (exact) mass is 256 g/mol. The van der Waals surface area contributed by atoms with Crippen molar-refractivity contribution in [1.82, 2.24) is 15.5 Å². The molecule has 1 unspecified atom stereocenters. The van der Waals surface area contributed by atoms with Crippen LogP contribution in [0, 0.1) is 6.92 Å². The van der Waals surface area contributed by atoms with Crippen LogP contribution in [0.4, 0.5) is 5.82 Å². The number of rotatable bonds is 2. The van der Waals surface area contributed by atoms with Crippen LogP contribution in [0.3, 0.4) is 0 Å². The van der Waals surface area contributed by atoms with Crippen LogP contribution in [-0.4, -0.2) is 22.6 Å². The minimum Gasteiger partial charge on any atom is -0.312 e. The Kier molecular flexibility index (Phi) is 3.05. The van der Waals surface area contributed by atoms with Gasteiger partial charge in [-0.05, 0) is 18.1 Å². The van der Waals surface area contributed by atoms with Crippen LogP contribution in [0.2, 0.25) is 0 Å². The molecule has 5 nitrogen and oxygen atoms in total. The lowest BCUT2D eigenvalue weighted by Gasteiger charge is -2.25. The van der Waals surface area contributed by atoms with Crippen molar-refractivity contribution in [3.8, 4) is 0 Å². The Morgan fingerprint density at radius 2 is 2.26 bits per heavy atom. The van der Waals surface area contributed by atoms with E-state index < -0.39 is 0 Å². The van der Waals surface area contributed by atoms with Crippen LogP contribution in [0.1, 0.15) is 22.6 Å². The second kappa shape index (κ2) is 4.85. The number of nitrogens with one attached hydrogen (secondary N) is 3. The SMILES string of the molecule is Cc1cn[nH]c1NC(=O)C1CNCc2ccccc21. The summed E-state index contributed by atoms with van der Waals surface area (Å²) >= 11 is 0. The Bertz CT molecular complexity index is 605. The summed E-state index contributed by atoms with van der Waals surface area (Å²) in [5.41, 5.74) is 3.23. The van der Waals surface area contributed by atoms with Crippen LogP contribution in [0.25, 0.3) is 0 Å². The number of H-pyrrole nitrogens is 1. The highest BCUT2D eigenvalue weighted by Gasteiger charge is 2.26. The van der Waals surface area contributed by atoms with E-state index in [1.54, 1.807) is 6.20 Å². The normalized spacial score (nSPS) is 17.8. The van der Waals surface area contributed by atoms with Crippen LogP contribution < -0.4 is 10.6 Å². The first-order valence-corrected chi connectivity index (χ1v) is 6.35. The molecular weight excluding hydrogens is 240 g/mol. The quantitative estimate of drug-likeness (QED) is 0.763. The van der Waals surface area contributed by atoms with Gasteiger partial charge in [0.05, 0.1) is 12.1 Å². The predicted molar refractivity (Wildman–Crippen MR) is 72.8 cm³/mol. The Labute approximate surface area is 111 Å². The molecule has 0 fully saturated rings. The summed E-state index contributed by atoms with van der Waals surface area (Å²) in [6.45, 7) is 3.39. The van der Waals surface area contributed by atoms with E-state index in [1.165, 1.54) is 5.56 Å². The highest BCUT2D eigenvalue weighted by molar-refractivity contribution is 5.96. The molecule has 0 aliphatic carbocycles. The molecule has 98 valence electrons. The highest BCUT2D eigenvalue weighted by atomic mass is 16.2. The van der Waals surface area contributed by atoms with Crippen molar-refractivity contribution < 1.29 is 4.79 Å². The molecule has 2 aromatic rings. The van der Waals surface area contributed by atoms with Crippen LogP contribution in [0.15, 0.2) is 30.5 Å². The lowest BCUT2D eigenvalue weighted by atomic mass is 9.90. The molecule has 0 spiro atoms. The first-order valence-electron chi connectivity index (χ1n) is 6.35. The van der Waals surface area contributed by atoms with Gasteiger partial charge in [0.1, 0.15) is 5.82 Å². The molecule has 0 saturated heterocycles. The third-order valence-electron chi connectivity index (χ3n) is 3.49. The molecule has 0 radical (unpaired) electrons. The Balaban J connectivity index is 1.84. The van der Waals surface area contributed by atoms with Crippen molar-refractivity contribution in [2.24, 2.45) is 0 Å². The molecule has 3 N–H and O–H groups in total. The summed E-state index contributed by atoms with van der Waals surface area (Å²) in [5.74, 6) is 0.507. The molecule has 0 bridgehead atoms. The molecule has 19 heavy (non-hydrogen) atoms. The van der Waals surface area contributed by atoms with Crippen molar-refractivity contribution in [3.63, 3.8) is 0 Å². The summed E-state index contributed by atoms with van der Waals surface area (Å²) < 4.78 is 0. The second-order valence-corrected chi connectivity index (χ2v) is 4.80. The number of hydrogen-bond acceptors (Lipinski definition) is 3. The first kappa shape index (κ1) is 11.9. The fourth-order valence-corrected chi connectivity index (χ4v) is 2.41. The largest absolute Gasteiger partial charge is 0.312 e. The van der Waals surface area contributed by atoms with Gasteiger partial charge in [-0.1, -0.05) is 24.3 Å². The molecule has 1 amide bonds. The fraction of sp³-hybridized carbons (Fsp3) is 0.286. The first-order chi connectivity index (χ1) is 9.25. The summed E-state index contributed by atoms with van der Waals surface area (Å²) in [4.78, 5) is 12.4. The van der Waals surface area contributed by atoms with Gasteiger partial charge >= 0.3 is 0 Å². The zero-order chi connectivity index (χ0) is 13.2. The van der Waals surface area contributed by atoms with E-state index in [9.17, 15) is 4.79 Å². The maximum atomic E-state index is 12.4. The zero-order valence-electron chi connectivity index (χ0n) is 10.7. The number of aromatic nitrogens is 2. The third kappa shape index (κ3) is 2.24. The van der Waals surface area contributed by atoms with Gasteiger partial charge in [0.25, 0.3) is 0 Å². The lowest BCUT2D eigenvalue weighted by molar-refractivity contribution is -0.117. The van der Waals surface area contributed by atoms with E-state index in [-0.39, 0.29) is 11.8 Å². The van der Waals surface area contributed by atoms with Gasteiger partial charge in [0.2, 0.25) is 5.91 Å². The van der Waals surface area contributed by atoms with Crippen molar-refractivity contribution in [1.29, 1.82) is 0 Å². The zero-order valence-corrected chi connectivity index (χ0v) is 10.7. The van der Waals surface area contributed by atoms with Gasteiger partial charge in [-0.3, -0.25) is 9.89 Å². The Morgan fingerprint density at radius 3 is 3.05 bits per heavy atom. The van der Waals surface area contributed by atoms with Crippen LogP contribution in [0.5, 0.6) is 0 Å². The van der Waals surface area contributed by atoms with E-state index in [0.29, 0.717) is 12.4 Å². The third-order valence-corrected chi connectivity index (χ3v) is 3.49. The maximum Gasteiger partial charge on any atom is 0.234 e. The molecule has 5 heteroatoms. The number of carbonyl (C=O) groups excluding carboxylic acids is 1. The Morgan fingerprint density at radius 1 is 1.42 bits per heavy atom. The summed E-state index contributed by atoms with van der Waals surface area (Å²) in [6, 6.07) is 8.06. The number of anilines is 1. The average molecular weight is 256 g/mol. The summed E-state index contributed by atoms with van der Waals surface area (Å²) in [7, 11) is 0. The number of fused-ring (bicyclic) bond motifs is 1. The van der Waals surface area contributed by atoms with Crippen LogP contribution >= 0.6 is 0 Å². The fourth-order valence-electron chi connectivity index (χ4n) is 2.41. The molecule has 1 aliphatic heterocycles. The van der Waals surface area contributed by atoms with Gasteiger partial charge in [-0.2, -0.15) is 5.10 Å². The van der Waals surface area contributed by atoms with Crippen molar-refractivity contribution in [2.45, 2.75) is 19.4 Å². The van der Waals surface area contributed by atoms with E-state index >= 15 is 0 Å². The number of aryl methyl sites for hydroxylation is 1. The van der Waals surface area contributed by atoms with Gasteiger partial charge in [0, 0.05) is 18.7 Å².